The van der Waals surface area contributed by atoms with E-state index in [4.69, 9.17) is 0 Å². The number of urea groups is 1. The molecule has 1 heterocycles. The first-order chi connectivity index (χ1) is 12.1. The van der Waals surface area contributed by atoms with E-state index in [-0.39, 0.29) is 12.1 Å². The molecule has 1 aromatic heterocycles. The number of benzene rings is 2. The Morgan fingerprint density at radius 1 is 1.08 bits per heavy atom. The van der Waals surface area contributed by atoms with Crippen molar-refractivity contribution in [2.75, 3.05) is 5.32 Å². The molecule has 0 fully saturated rings. The van der Waals surface area contributed by atoms with Crippen LogP contribution in [-0.2, 0) is 6.42 Å². The number of aromatic amines is 1. The number of anilines is 1. The summed E-state index contributed by atoms with van der Waals surface area (Å²) >= 11 is 0. The lowest BCUT2D eigenvalue weighted by Crippen LogP contribution is -2.34. The number of hydrogen-bond donors (Lipinski definition) is 3. The molecule has 4 rings (SSSR count). The van der Waals surface area contributed by atoms with Gasteiger partial charge in [0.25, 0.3) is 0 Å². The molecule has 1 unspecified atom stereocenters. The summed E-state index contributed by atoms with van der Waals surface area (Å²) in [7, 11) is 0. The lowest BCUT2D eigenvalue weighted by molar-refractivity contribution is 0.247. The SMILES string of the molecule is Cc1ccc(NC(=O)NC2CCCc3c2[nH]c2ccc(C)cc32)cc1. The highest BCUT2D eigenvalue weighted by Crippen LogP contribution is 2.35. The van der Waals surface area contributed by atoms with Crippen molar-refractivity contribution in [2.45, 2.75) is 39.2 Å². The van der Waals surface area contributed by atoms with E-state index in [0.717, 1.165) is 36.2 Å². The van der Waals surface area contributed by atoms with Crippen LogP contribution in [0.25, 0.3) is 10.9 Å². The summed E-state index contributed by atoms with van der Waals surface area (Å²) in [4.78, 5) is 15.9. The second-order valence-corrected chi connectivity index (χ2v) is 6.98. The van der Waals surface area contributed by atoms with Gasteiger partial charge < -0.3 is 15.6 Å². The molecule has 1 atom stereocenters. The van der Waals surface area contributed by atoms with E-state index < -0.39 is 0 Å². The van der Waals surface area contributed by atoms with Gasteiger partial charge in [0.15, 0.2) is 0 Å². The van der Waals surface area contributed by atoms with Crippen molar-refractivity contribution in [3.8, 4) is 0 Å². The number of fused-ring (bicyclic) bond motifs is 3. The second-order valence-electron chi connectivity index (χ2n) is 6.98. The van der Waals surface area contributed by atoms with Crippen LogP contribution in [0, 0.1) is 13.8 Å². The van der Waals surface area contributed by atoms with Gasteiger partial charge in [0, 0.05) is 22.3 Å². The van der Waals surface area contributed by atoms with Gasteiger partial charge in [-0.25, -0.2) is 4.79 Å². The molecule has 0 saturated heterocycles. The Kier molecular flexibility index (Phi) is 3.96. The zero-order chi connectivity index (χ0) is 17.4. The molecule has 4 heteroatoms. The zero-order valence-corrected chi connectivity index (χ0v) is 14.6. The third-order valence-corrected chi connectivity index (χ3v) is 4.98. The molecule has 0 radical (unpaired) electrons. The topological polar surface area (TPSA) is 56.9 Å². The van der Waals surface area contributed by atoms with E-state index in [0.29, 0.717) is 0 Å². The quantitative estimate of drug-likeness (QED) is 0.608. The molecule has 25 heavy (non-hydrogen) atoms. The van der Waals surface area contributed by atoms with Crippen LogP contribution in [0.4, 0.5) is 10.5 Å². The fourth-order valence-electron chi connectivity index (χ4n) is 3.68. The lowest BCUT2D eigenvalue weighted by Gasteiger charge is -2.24. The minimum Gasteiger partial charge on any atom is -0.356 e. The first kappa shape index (κ1) is 15.8. The Balaban J connectivity index is 1.55. The fraction of sp³-hybridized carbons (Fsp3) is 0.286. The van der Waals surface area contributed by atoms with Crippen molar-refractivity contribution in [1.29, 1.82) is 0 Å². The smallest absolute Gasteiger partial charge is 0.319 e. The van der Waals surface area contributed by atoms with E-state index in [1.54, 1.807) is 0 Å². The van der Waals surface area contributed by atoms with Crippen LogP contribution >= 0.6 is 0 Å². The van der Waals surface area contributed by atoms with Crippen molar-refractivity contribution in [3.05, 3.63) is 64.8 Å². The fourth-order valence-corrected chi connectivity index (χ4v) is 3.68. The van der Waals surface area contributed by atoms with Crippen molar-refractivity contribution in [1.82, 2.24) is 10.3 Å². The molecular weight excluding hydrogens is 310 g/mol. The molecule has 0 saturated carbocycles. The summed E-state index contributed by atoms with van der Waals surface area (Å²) < 4.78 is 0. The first-order valence-electron chi connectivity index (χ1n) is 8.85. The van der Waals surface area contributed by atoms with E-state index in [1.165, 1.54) is 22.1 Å². The summed E-state index contributed by atoms with van der Waals surface area (Å²) in [5.41, 5.74) is 6.92. The van der Waals surface area contributed by atoms with Crippen molar-refractivity contribution in [2.24, 2.45) is 0 Å². The number of amides is 2. The summed E-state index contributed by atoms with van der Waals surface area (Å²) in [5.74, 6) is 0. The van der Waals surface area contributed by atoms with Crippen LogP contribution in [0.2, 0.25) is 0 Å². The van der Waals surface area contributed by atoms with Gasteiger partial charge in [0.2, 0.25) is 0 Å². The summed E-state index contributed by atoms with van der Waals surface area (Å²) in [6.45, 7) is 4.15. The number of carbonyl (C=O) groups is 1. The number of carbonyl (C=O) groups excluding carboxylic acids is 1. The van der Waals surface area contributed by atoms with Crippen molar-refractivity contribution in [3.63, 3.8) is 0 Å². The largest absolute Gasteiger partial charge is 0.356 e. The van der Waals surface area contributed by atoms with Crippen LogP contribution in [0.3, 0.4) is 0 Å². The minimum atomic E-state index is -0.156. The zero-order valence-electron chi connectivity index (χ0n) is 14.6. The Bertz CT molecular complexity index is 924. The molecule has 0 spiro atoms. The average Bonchev–Trinajstić information content (AvgIpc) is 2.96. The van der Waals surface area contributed by atoms with Crippen LogP contribution in [-0.4, -0.2) is 11.0 Å². The van der Waals surface area contributed by atoms with Gasteiger partial charge in [0.1, 0.15) is 0 Å². The Morgan fingerprint density at radius 3 is 2.64 bits per heavy atom. The van der Waals surface area contributed by atoms with Gasteiger partial charge in [-0.15, -0.1) is 0 Å². The number of rotatable bonds is 2. The third-order valence-electron chi connectivity index (χ3n) is 4.98. The second kappa shape index (κ2) is 6.28. The lowest BCUT2D eigenvalue weighted by atomic mass is 9.91. The highest BCUT2D eigenvalue weighted by atomic mass is 16.2. The highest BCUT2D eigenvalue weighted by molar-refractivity contribution is 5.90. The molecule has 3 aromatic rings. The number of aromatic nitrogens is 1. The van der Waals surface area contributed by atoms with Crippen LogP contribution in [0.1, 0.15) is 41.3 Å². The predicted molar refractivity (Wildman–Crippen MR) is 102 cm³/mol. The van der Waals surface area contributed by atoms with E-state index in [1.807, 2.05) is 31.2 Å². The molecule has 0 bridgehead atoms. The van der Waals surface area contributed by atoms with Gasteiger partial charge in [-0.05, 0) is 62.9 Å². The van der Waals surface area contributed by atoms with Crippen molar-refractivity contribution >= 4 is 22.6 Å². The Morgan fingerprint density at radius 2 is 1.84 bits per heavy atom. The summed E-state index contributed by atoms with van der Waals surface area (Å²) in [6.07, 6.45) is 3.11. The van der Waals surface area contributed by atoms with Gasteiger partial charge in [-0.1, -0.05) is 29.3 Å². The molecule has 2 amide bonds. The van der Waals surface area contributed by atoms with Gasteiger partial charge in [-0.3, -0.25) is 0 Å². The molecular formula is C21H23N3O. The average molecular weight is 333 g/mol. The van der Waals surface area contributed by atoms with Crippen LogP contribution in [0.15, 0.2) is 42.5 Å². The molecule has 0 aliphatic heterocycles. The standard InChI is InChI=1S/C21H23N3O/c1-13-6-9-15(10-7-13)22-21(25)24-19-5-3-4-16-17-12-14(2)8-11-18(17)23-20(16)19/h6-12,19,23H,3-5H2,1-2H3,(H2,22,24,25). The molecule has 4 nitrogen and oxygen atoms in total. The first-order valence-corrected chi connectivity index (χ1v) is 8.85. The van der Waals surface area contributed by atoms with Crippen LogP contribution < -0.4 is 10.6 Å². The summed E-state index contributed by atoms with van der Waals surface area (Å²) in [5, 5.41) is 7.35. The number of H-pyrrole nitrogens is 1. The predicted octanol–water partition coefficient (Wildman–Crippen LogP) is 4.98. The van der Waals surface area contributed by atoms with Crippen LogP contribution in [0.5, 0.6) is 0 Å². The Hall–Kier alpha value is -2.75. The van der Waals surface area contributed by atoms with E-state index in [2.05, 4.69) is 40.7 Å². The minimum absolute atomic E-state index is 0.0295. The molecule has 128 valence electrons. The van der Waals surface area contributed by atoms with E-state index in [9.17, 15) is 4.79 Å². The summed E-state index contributed by atoms with van der Waals surface area (Å²) in [6, 6.07) is 14.2. The van der Waals surface area contributed by atoms with Gasteiger partial charge in [0.05, 0.1) is 6.04 Å². The maximum absolute atomic E-state index is 12.4. The number of nitrogens with one attached hydrogen (secondary N) is 3. The molecule has 2 aromatic carbocycles. The van der Waals surface area contributed by atoms with E-state index >= 15 is 0 Å². The third kappa shape index (κ3) is 3.12. The van der Waals surface area contributed by atoms with Gasteiger partial charge in [-0.2, -0.15) is 0 Å². The highest BCUT2D eigenvalue weighted by Gasteiger charge is 2.25. The molecule has 1 aliphatic rings. The van der Waals surface area contributed by atoms with Gasteiger partial charge >= 0.3 is 6.03 Å². The normalized spacial score (nSPS) is 16.5. The maximum atomic E-state index is 12.4. The molecule has 1 aliphatic carbocycles. The van der Waals surface area contributed by atoms with Crippen molar-refractivity contribution < 1.29 is 4.79 Å². The molecule has 3 N–H and O–H groups in total. The number of hydrogen-bond acceptors (Lipinski definition) is 1. The maximum Gasteiger partial charge on any atom is 0.319 e. The Labute approximate surface area is 147 Å². The number of aryl methyl sites for hydroxylation is 3. The monoisotopic (exact) mass is 333 g/mol.